The third-order valence-corrected chi connectivity index (χ3v) is 3.82. The van der Waals surface area contributed by atoms with E-state index in [-0.39, 0.29) is 5.78 Å². The van der Waals surface area contributed by atoms with Crippen LogP contribution in [0.15, 0.2) is 42.0 Å². The van der Waals surface area contributed by atoms with Gasteiger partial charge in [0, 0.05) is 18.0 Å². The predicted octanol–water partition coefficient (Wildman–Crippen LogP) is 3.23. The Morgan fingerprint density at radius 2 is 1.89 bits per heavy atom. The van der Waals surface area contributed by atoms with Crippen molar-refractivity contribution in [3.8, 4) is 0 Å². The van der Waals surface area contributed by atoms with E-state index in [9.17, 15) is 4.79 Å². The fourth-order valence-corrected chi connectivity index (χ4v) is 2.73. The molecule has 3 rings (SSSR count). The van der Waals surface area contributed by atoms with Crippen LogP contribution in [-0.4, -0.2) is 15.8 Å². The van der Waals surface area contributed by atoms with Crippen molar-refractivity contribution >= 4 is 28.2 Å². The van der Waals surface area contributed by atoms with Crippen molar-refractivity contribution in [1.82, 2.24) is 9.97 Å². The largest absolute Gasteiger partial charge is 0.288 e. The van der Waals surface area contributed by atoms with Crippen LogP contribution < -0.4 is 0 Å². The van der Waals surface area contributed by atoms with Gasteiger partial charge >= 0.3 is 0 Å². The van der Waals surface area contributed by atoms with Gasteiger partial charge in [0.05, 0.1) is 15.9 Å². The molecule has 0 radical (unpaired) electrons. The maximum absolute atomic E-state index is 12.3. The number of fused-ring (bicyclic) bond motifs is 1. The van der Waals surface area contributed by atoms with E-state index < -0.39 is 0 Å². The van der Waals surface area contributed by atoms with Crippen molar-refractivity contribution in [1.29, 1.82) is 0 Å². The summed E-state index contributed by atoms with van der Waals surface area (Å²) in [5, 5.41) is 1.93. The number of aromatic nitrogens is 2. The summed E-state index contributed by atoms with van der Waals surface area (Å²) >= 11 is 1.47. The van der Waals surface area contributed by atoms with E-state index in [2.05, 4.69) is 9.97 Å². The van der Waals surface area contributed by atoms with Crippen LogP contribution in [0.1, 0.15) is 20.8 Å². The minimum absolute atomic E-state index is 0.0510. The average molecular weight is 254 g/mol. The molecule has 1 aromatic carbocycles. The van der Waals surface area contributed by atoms with Gasteiger partial charge in [-0.1, -0.05) is 0 Å². The van der Waals surface area contributed by atoms with E-state index in [1.165, 1.54) is 11.3 Å². The summed E-state index contributed by atoms with van der Waals surface area (Å²) in [5.74, 6) is 0.0510. The Kier molecular flexibility index (Phi) is 2.64. The number of rotatable bonds is 2. The van der Waals surface area contributed by atoms with Gasteiger partial charge in [0.2, 0.25) is 5.78 Å². The topological polar surface area (TPSA) is 42.9 Å². The van der Waals surface area contributed by atoms with Gasteiger partial charge in [-0.3, -0.25) is 14.8 Å². The molecule has 0 amide bonds. The molecule has 88 valence electrons. The first-order chi connectivity index (χ1) is 8.75. The Morgan fingerprint density at radius 1 is 1.11 bits per heavy atom. The molecule has 4 heteroatoms. The highest BCUT2D eigenvalue weighted by Gasteiger charge is 2.13. The first-order valence-corrected chi connectivity index (χ1v) is 6.43. The monoisotopic (exact) mass is 254 g/mol. The molecule has 0 N–H and O–H groups in total. The highest BCUT2D eigenvalue weighted by molar-refractivity contribution is 7.12. The van der Waals surface area contributed by atoms with Crippen molar-refractivity contribution in [3.05, 3.63) is 58.0 Å². The van der Waals surface area contributed by atoms with Crippen molar-refractivity contribution in [2.45, 2.75) is 6.92 Å². The summed E-state index contributed by atoms with van der Waals surface area (Å²) in [6.07, 6.45) is 3.28. The second-order valence-electron chi connectivity index (χ2n) is 4.02. The van der Waals surface area contributed by atoms with Crippen LogP contribution in [0.3, 0.4) is 0 Å². The molecular weight excluding hydrogens is 244 g/mol. The Labute approximate surface area is 108 Å². The van der Waals surface area contributed by atoms with Crippen LogP contribution in [-0.2, 0) is 0 Å². The first kappa shape index (κ1) is 11.0. The Balaban J connectivity index is 2.10. The predicted molar refractivity (Wildman–Crippen MR) is 72.0 cm³/mol. The molecule has 3 nitrogen and oxygen atoms in total. The zero-order valence-corrected chi connectivity index (χ0v) is 10.6. The molecule has 2 heterocycles. The summed E-state index contributed by atoms with van der Waals surface area (Å²) in [4.78, 5) is 21.5. The summed E-state index contributed by atoms with van der Waals surface area (Å²) in [6.45, 7) is 1.95. The number of ketones is 1. The molecule has 0 spiro atoms. The smallest absolute Gasteiger partial charge is 0.203 e. The minimum atomic E-state index is 0.0510. The molecule has 3 aromatic rings. The lowest BCUT2D eigenvalue weighted by Gasteiger charge is -2.01. The molecule has 0 aliphatic rings. The van der Waals surface area contributed by atoms with Crippen molar-refractivity contribution < 1.29 is 4.79 Å². The van der Waals surface area contributed by atoms with Crippen LogP contribution in [0.2, 0.25) is 0 Å². The number of benzene rings is 1. The van der Waals surface area contributed by atoms with Crippen LogP contribution in [0.5, 0.6) is 0 Å². The molecule has 0 aliphatic carbocycles. The number of hydrogen-bond acceptors (Lipinski definition) is 4. The van der Waals surface area contributed by atoms with Gasteiger partial charge in [0.1, 0.15) is 0 Å². The average Bonchev–Trinajstić information content (AvgIpc) is 2.83. The van der Waals surface area contributed by atoms with Crippen LogP contribution in [0.4, 0.5) is 0 Å². The number of hydrogen-bond donors (Lipinski definition) is 0. The summed E-state index contributed by atoms with van der Waals surface area (Å²) in [7, 11) is 0. The summed E-state index contributed by atoms with van der Waals surface area (Å²) in [6, 6.07) is 7.39. The van der Waals surface area contributed by atoms with E-state index in [4.69, 9.17) is 0 Å². The third-order valence-electron chi connectivity index (χ3n) is 2.80. The fourth-order valence-electron chi connectivity index (χ4n) is 1.84. The van der Waals surface area contributed by atoms with Crippen molar-refractivity contribution in [3.63, 3.8) is 0 Å². The van der Waals surface area contributed by atoms with Gasteiger partial charge in [-0.05, 0) is 42.1 Å². The molecule has 2 aromatic heterocycles. The molecule has 0 bridgehead atoms. The standard InChI is InChI=1S/C14H10N2OS/c1-9-4-7-18-14(9)13(17)10-2-3-11-12(8-10)16-6-5-15-11/h2-8H,1H3. The van der Waals surface area contributed by atoms with Crippen LogP contribution in [0, 0.1) is 6.92 Å². The molecule has 0 saturated carbocycles. The Bertz CT molecular complexity index is 733. The van der Waals surface area contributed by atoms with Gasteiger partial charge in [0.25, 0.3) is 0 Å². The molecule has 18 heavy (non-hydrogen) atoms. The molecule has 0 saturated heterocycles. The highest BCUT2D eigenvalue weighted by atomic mass is 32.1. The van der Waals surface area contributed by atoms with E-state index in [1.54, 1.807) is 24.5 Å². The van der Waals surface area contributed by atoms with Gasteiger partial charge < -0.3 is 0 Å². The number of nitrogens with zero attached hydrogens (tertiary/aromatic N) is 2. The maximum Gasteiger partial charge on any atom is 0.203 e. The Hall–Kier alpha value is -2.07. The van der Waals surface area contributed by atoms with Gasteiger partial charge in [-0.2, -0.15) is 0 Å². The van der Waals surface area contributed by atoms with Crippen molar-refractivity contribution in [2.75, 3.05) is 0 Å². The fraction of sp³-hybridized carbons (Fsp3) is 0.0714. The van der Waals surface area contributed by atoms with Gasteiger partial charge in [0.15, 0.2) is 0 Å². The minimum Gasteiger partial charge on any atom is -0.288 e. The SMILES string of the molecule is Cc1ccsc1C(=O)c1ccc2nccnc2c1. The second-order valence-corrected chi connectivity index (χ2v) is 4.94. The lowest BCUT2D eigenvalue weighted by Crippen LogP contribution is -2.00. The van der Waals surface area contributed by atoms with Gasteiger partial charge in [-0.15, -0.1) is 11.3 Å². The van der Waals surface area contributed by atoms with E-state index in [0.717, 1.165) is 21.5 Å². The lowest BCUT2D eigenvalue weighted by atomic mass is 10.1. The zero-order chi connectivity index (χ0) is 12.5. The number of carbonyl (C=O) groups excluding carboxylic acids is 1. The number of aryl methyl sites for hydroxylation is 1. The molecular formula is C14H10N2OS. The van der Waals surface area contributed by atoms with E-state index in [1.807, 2.05) is 24.4 Å². The molecule has 0 unspecified atom stereocenters. The summed E-state index contributed by atoms with van der Waals surface area (Å²) < 4.78 is 0. The number of carbonyl (C=O) groups is 1. The summed E-state index contributed by atoms with van der Waals surface area (Å²) in [5.41, 5.74) is 3.23. The molecule has 0 aliphatic heterocycles. The molecule has 0 atom stereocenters. The van der Waals surface area contributed by atoms with Crippen LogP contribution in [0.25, 0.3) is 11.0 Å². The highest BCUT2D eigenvalue weighted by Crippen LogP contribution is 2.21. The zero-order valence-electron chi connectivity index (χ0n) is 9.75. The van der Waals surface area contributed by atoms with Crippen molar-refractivity contribution in [2.24, 2.45) is 0 Å². The van der Waals surface area contributed by atoms with Crippen LogP contribution >= 0.6 is 11.3 Å². The number of thiophene rings is 1. The Morgan fingerprint density at radius 3 is 2.61 bits per heavy atom. The van der Waals surface area contributed by atoms with E-state index in [0.29, 0.717) is 5.56 Å². The first-order valence-electron chi connectivity index (χ1n) is 5.55. The molecule has 0 fully saturated rings. The lowest BCUT2D eigenvalue weighted by molar-refractivity contribution is 0.104. The van der Waals surface area contributed by atoms with E-state index >= 15 is 0 Å². The maximum atomic E-state index is 12.3. The third kappa shape index (κ3) is 1.80. The van der Waals surface area contributed by atoms with Gasteiger partial charge in [-0.25, -0.2) is 0 Å². The second kappa shape index (κ2) is 4.31. The quantitative estimate of drug-likeness (QED) is 0.659. The normalized spacial score (nSPS) is 10.7.